The van der Waals surface area contributed by atoms with Crippen molar-refractivity contribution in [2.75, 3.05) is 7.05 Å². The van der Waals surface area contributed by atoms with Gasteiger partial charge >= 0.3 is 12.0 Å². The van der Waals surface area contributed by atoms with Crippen LogP contribution in [0.5, 0.6) is 0 Å². The molecule has 152 valence electrons. The largest absolute Gasteiger partial charge is 0.478 e. The van der Waals surface area contributed by atoms with Gasteiger partial charge in [-0.05, 0) is 37.0 Å². The van der Waals surface area contributed by atoms with Crippen molar-refractivity contribution in [2.24, 2.45) is 5.73 Å². The van der Waals surface area contributed by atoms with Crippen molar-refractivity contribution in [1.29, 1.82) is 0 Å². The van der Waals surface area contributed by atoms with Gasteiger partial charge in [0.1, 0.15) is 6.04 Å². The predicted molar refractivity (Wildman–Crippen MR) is 99.3 cm³/mol. The molecule has 0 aliphatic rings. The number of imide groups is 1. The number of aryl methyl sites for hydroxylation is 1. The fourth-order valence-electron chi connectivity index (χ4n) is 2.38. The van der Waals surface area contributed by atoms with Gasteiger partial charge in [-0.1, -0.05) is 12.1 Å². The van der Waals surface area contributed by atoms with E-state index in [1.165, 1.54) is 19.2 Å². The van der Waals surface area contributed by atoms with E-state index < -0.39 is 35.8 Å². The van der Waals surface area contributed by atoms with E-state index in [9.17, 15) is 24.0 Å². The number of likely N-dealkylation sites (N-methyl/N-ethyl adjacent to an activating group) is 1. The number of rotatable bonds is 10. The quantitative estimate of drug-likeness (QED) is 0.373. The molecule has 0 unspecified atom stereocenters. The first-order valence-electron chi connectivity index (χ1n) is 8.65. The lowest BCUT2D eigenvalue weighted by atomic mass is 10.1. The number of aromatic carboxylic acids is 1. The van der Waals surface area contributed by atoms with Crippen LogP contribution in [0.4, 0.5) is 4.79 Å². The molecular weight excluding hydrogens is 368 g/mol. The van der Waals surface area contributed by atoms with Crippen LogP contribution >= 0.6 is 0 Å². The smallest absolute Gasteiger partial charge is 0.335 e. The van der Waals surface area contributed by atoms with Gasteiger partial charge in [0.2, 0.25) is 17.7 Å². The van der Waals surface area contributed by atoms with Gasteiger partial charge in [-0.15, -0.1) is 0 Å². The molecule has 0 aromatic heterocycles. The lowest BCUT2D eigenvalue weighted by Gasteiger charge is -2.16. The summed E-state index contributed by atoms with van der Waals surface area (Å²) in [6, 6.07) is 4.47. The first-order valence-corrected chi connectivity index (χ1v) is 8.65. The van der Waals surface area contributed by atoms with Crippen molar-refractivity contribution in [1.82, 2.24) is 16.0 Å². The molecule has 0 radical (unpaired) electrons. The molecule has 0 aliphatic heterocycles. The summed E-state index contributed by atoms with van der Waals surface area (Å²) in [5.41, 5.74) is 6.09. The molecule has 10 nitrogen and oxygen atoms in total. The van der Waals surface area contributed by atoms with Crippen LogP contribution in [0, 0.1) is 0 Å². The first-order chi connectivity index (χ1) is 13.2. The molecule has 0 bridgehead atoms. The second-order valence-electron chi connectivity index (χ2n) is 6.05. The normalized spacial score (nSPS) is 11.2. The van der Waals surface area contributed by atoms with E-state index in [2.05, 4.69) is 16.0 Å². The number of primary amides is 1. The number of carboxylic acid groups (broad SMARTS) is 1. The standard InChI is InChI=1S/C18H24N4O6/c1-20-16(25)13(9-10-14(19)23)21-18(28)22-15(24)4-2-3-11-5-7-12(8-6-11)17(26)27/h5-8,13H,2-4,9-10H2,1H3,(H2,19,23)(H,20,25)(H,26,27)(H2,21,22,24,28)/t13-/m0/s1. The Bertz CT molecular complexity index is 732. The number of carboxylic acids is 1. The maximum Gasteiger partial charge on any atom is 0.335 e. The minimum atomic E-state index is -1.01. The van der Waals surface area contributed by atoms with E-state index in [0.29, 0.717) is 12.8 Å². The Labute approximate surface area is 161 Å². The topological polar surface area (TPSA) is 168 Å². The predicted octanol–water partition coefficient (Wildman–Crippen LogP) is -0.0866. The van der Waals surface area contributed by atoms with Crippen LogP contribution in [0.1, 0.15) is 41.6 Å². The Hall–Kier alpha value is -3.43. The fourth-order valence-corrected chi connectivity index (χ4v) is 2.38. The minimum absolute atomic E-state index is 0.0168. The summed E-state index contributed by atoms with van der Waals surface area (Å²) in [4.78, 5) is 57.1. The Morgan fingerprint density at radius 2 is 1.71 bits per heavy atom. The number of hydrogen-bond donors (Lipinski definition) is 5. The number of nitrogens with one attached hydrogen (secondary N) is 3. The van der Waals surface area contributed by atoms with Crippen molar-refractivity contribution in [3.05, 3.63) is 35.4 Å². The molecule has 1 rings (SSSR count). The van der Waals surface area contributed by atoms with Gasteiger partial charge in [0, 0.05) is 19.9 Å². The van der Waals surface area contributed by atoms with Gasteiger partial charge < -0.3 is 21.5 Å². The maximum absolute atomic E-state index is 11.9. The van der Waals surface area contributed by atoms with Gasteiger partial charge in [0.25, 0.3) is 0 Å². The average Bonchev–Trinajstić information content (AvgIpc) is 2.64. The number of benzene rings is 1. The molecule has 0 heterocycles. The molecule has 1 aromatic carbocycles. The van der Waals surface area contributed by atoms with Crippen LogP contribution in [-0.2, 0) is 20.8 Å². The SMILES string of the molecule is CNC(=O)[C@H](CCC(N)=O)NC(=O)NC(=O)CCCc1ccc(C(=O)O)cc1. The molecule has 0 saturated carbocycles. The summed E-state index contributed by atoms with van der Waals surface area (Å²) in [7, 11) is 1.38. The molecule has 1 aromatic rings. The number of amides is 5. The Morgan fingerprint density at radius 3 is 2.25 bits per heavy atom. The van der Waals surface area contributed by atoms with Crippen molar-refractivity contribution in [3.63, 3.8) is 0 Å². The number of nitrogens with two attached hydrogens (primary N) is 1. The van der Waals surface area contributed by atoms with E-state index in [0.717, 1.165) is 5.56 Å². The highest BCUT2D eigenvalue weighted by atomic mass is 16.4. The zero-order chi connectivity index (χ0) is 21.1. The second kappa shape index (κ2) is 11.3. The van der Waals surface area contributed by atoms with Gasteiger partial charge in [-0.3, -0.25) is 19.7 Å². The summed E-state index contributed by atoms with van der Waals surface area (Å²) in [5.74, 6) is -2.65. The Kier molecular flexibility index (Phi) is 9.14. The molecule has 28 heavy (non-hydrogen) atoms. The van der Waals surface area contributed by atoms with Crippen LogP contribution in [-0.4, -0.2) is 47.9 Å². The van der Waals surface area contributed by atoms with Crippen molar-refractivity contribution < 1.29 is 29.1 Å². The van der Waals surface area contributed by atoms with Gasteiger partial charge in [0.15, 0.2) is 0 Å². The van der Waals surface area contributed by atoms with E-state index >= 15 is 0 Å². The van der Waals surface area contributed by atoms with Crippen LogP contribution in [0.2, 0.25) is 0 Å². The van der Waals surface area contributed by atoms with Crippen LogP contribution in [0.25, 0.3) is 0 Å². The number of carbonyl (C=O) groups excluding carboxylic acids is 4. The van der Waals surface area contributed by atoms with Gasteiger partial charge in [-0.2, -0.15) is 0 Å². The molecule has 0 aliphatic carbocycles. The third-order valence-electron chi connectivity index (χ3n) is 3.87. The molecule has 0 saturated heterocycles. The minimum Gasteiger partial charge on any atom is -0.478 e. The van der Waals surface area contributed by atoms with Crippen LogP contribution in [0.3, 0.4) is 0 Å². The van der Waals surface area contributed by atoms with Gasteiger partial charge in [0.05, 0.1) is 5.56 Å². The highest BCUT2D eigenvalue weighted by Crippen LogP contribution is 2.08. The molecule has 1 atom stereocenters. The van der Waals surface area contributed by atoms with Crippen molar-refractivity contribution >= 4 is 29.7 Å². The highest BCUT2D eigenvalue weighted by molar-refractivity contribution is 5.96. The van der Waals surface area contributed by atoms with E-state index in [4.69, 9.17) is 10.8 Å². The number of carbonyl (C=O) groups is 5. The molecule has 0 fully saturated rings. The molecular formula is C18H24N4O6. The molecule has 5 amide bonds. The third-order valence-corrected chi connectivity index (χ3v) is 3.87. The van der Waals surface area contributed by atoms with Crippen LogP contribution in [0.15, 0.2) is 24.3 Å². The molecule has 10 heteroatoms. The number of urea groups is 1. The molecule has 6 N–H and O–H groups in total. The summed E-state index contributed by atoms with van der Waals surface area (Å²) in [5, 5.41) is 15.7. The maximum atomic E-state index is 11.9. The number of hydrogen-bond acceptors (Lipinski definition) is 5. The monoisotopic (exact) mass is 392 g/mol. The lowest BCUT2D eigenvalue weighted by Crippen LogP contribution is -2.50. The lowest BCUT2D eigenvalue weighted by molar-refractivity contribution is -0.124. The Morgan fingerprint density at radius 1 is 1.07 bits per heavy atom. The second-order valence-corrected chi connectivity index (χ2v) is 6.05. The highest BCUT2D eigenvalue weighted by Gasteiger charge is 2.21. The van der Waals surface area contributed by atoms with E-state index in [1.54, 1.807) is 12.1 Å². The first kappa shape index (κ1) is 22.6. The van der Waals surface area contributed by atoms with Crippen molar-refractivity contribution in [3.8, 4) is 0 Å². The Balaban J connectivity index is 2.41. The van der Waals surface area contributed by atoms with Gasteiger partial charge in [-0.25, -0.2) is 9.59 Å². The van der Waals surface area contributed by atoms with E-state index in [-0.39, 0.29) is 24.8 Å². The summed E-state index contributed by atoms with van der Waals surface area (Å²) >= 11 is 0. The zero-order valence-corrected chi connectivity index (χ0v) is 15.5. The summed E-state index contributed by atoms with van der Waals surface area (Å²) < 4.78 is 0. The fraction of sp³-hybridized carbons (Fsp3) is 0.389. The van der Waals surface area contributed by atoms with E-state index in [1.807, 2.05) is 0 Å². The molecule has 0 spiro atoms. The van der Waals surface area contributed by atoms with Crippen LogP contribution < -0.4 is 21.7 Å². The average molecular weight is 392 g/mol. The van der Waals surface area contributed by atoms with Crippen molar-refractivity contribution in [2.45, 2.75) is 38.1 Å². The zero-order valence-electron chi connectivity index (χ0n) is 15.5. The summed E-state index contributed by atoms with van der Waals surface area (Å²) in [6.45, 7) is 0. The summed E-state index contributed by atoms with van der Waals surface area (Å²) in [6.07, 6.45) is 0.983. The third kappa shape index (κ3) is 8.30.